The molecule has 8 nitrogen and oxygen atoms in total. The molecule has 2 aromatic rings. The van der Waals surface area contributed by atoms with E-state index in [-0.39, 0.29) is 19.0 Å². The Morgan fingerprint density at radius 1 is 1.03 bits per heavy atom. The van der Waals surface area contributed by atoms with E-state index >= 15 is 0 Å². The van der Waals surface area contributed by atoms with E-state index in [2.05, 4.69) is 10.6 Å². The SMILES string of the molecule is CCCOc1c(Cl)cc(C(=O)NCc2ccc(C(=O)NCC(N)=O)cc2)cc1OC. The predicted molar refractivity (Wildman–Crippen MR) is 113 cm³/mol. The summed E-state index contributed by atoms with van der Waals surface area (Å²) < 4.78 is 10.9. The quantitative estimate of drug-likeness (QED) is 0.531. The van der Waals surface area contributed by atoms with Crippen LogP contribution in [0.3, 0.4) is 0 Å². The van der Waals surface area contributed by atoms with E-state index in [1.165, 1.54) is 13.2 Å². The lowest BCUT2D eigenvalue weighted by atomic mass is 10.1. The van der Waals surface area contributed by atoms with Crippen LogP contribution in [0.15, 0.2) is 36.4 Å². The Hall–Kier alpha value is -3.26. The summed E-state index contributed by atoms with van der Waals surface area (Å²) in [7, 11) is 1.48. The van der Waals surface area contributed by atoms with Gasteiger partial charge in [-0.25, -0.2) is 0 Å². The number of benzene rings is 2. The lowest BCUT2D eigenvalue weighted by Gasteiger charge is -2.14. The van der Waals surface area contributed by atoms with Gasteiger partial charge >= 0.3 is 0 Å². The van der Waals surface area contributed by atoms with Crippen molar-refractivity contribution in [1.29, 1.82) is 0 Å². The molecule has 3 amide bonds. The van der Waals surface area contributed by atoms with Crippen LogP contribution in [0.1, 0.15) is 39.6 Å². The molecule has 0 aliphatic carbocycles. The van der Waals surface area contributed by atoms with Crippen LogP contribution < -0.4 is 25.8 Å². The molecule has 0 saturated heterocycles. The summed E-state index contributed by atoms with van der Waals surface area (Å²) in [6.07, 6.45) is 0.813. The molecule has 0 unspecified atom stereocenters. The fourth-order valence-electron chi connectivity index (χ4n) is 2.52. The number of halogens is 1. The second-order valence-corrected chi connectivity index (χ2v) is 6.77. The van der Waals surface area contributed by atoms with Gasteiger partial charge in [-0.1, -0.05) is 30.7 Å². The molecular weight excluding hydrogens is 410 g/mol. The first-order valence-corrected chi connectivity index (χ1v) is 9.67. The van der Waals surface area contributed by atoms with E-state index in [0.29, 0.717) is 34.3 Å². The zero-order chi connectivity index (χ0) is 22.1. The molecule has 0 heterocycles. The number of methoxy groups -OCH3 is 1. The van der Waals surface area contributed by atoms with Crippen molar-refractivity contribution in [3.8, 4) is 11.5 Å². The van der Waals surface area contributed by atoms with Crippen LogP contribution in [0.25, 0.3) is 0 Å². The average Bonchev–Trinajstić information content (AvgIpc) is 2.74. The molecule has 0 fully saturated rings. The molecule has 0 saturated carbocycles. The van der Waals surface area contributed by atoms with Crippen molar-refractivity contribution in [3.63, 3.8) is 0 Å². The molecule has 0 bridgehead atoms. The topological polar surface area (TPSA) is 120 Å². The van der Waals surface area contributed by atoms with Crippen LogP contribution in [0, 0.1) is 0 Å². The highest BCUT2D eigenvalue weighted by Crippen LogP contribution is 2.36. The predicted octanol–water partition coefficient (Wildman–Crippen LogP) is 2.28. The largest absolute Gasteiger partial charge is 0.493 e. The molecule has 4 N–H and O–H groups in total. The van der Waals surface area contributed by atoms with E-state index in [1.807, 2.05) is 6.92 Å². The Balaban J connectivity index is 2.00. The van der Waals surface area contributed by atoms with Gasteiger partial charge in [0.25, 0.3) is 11.8 Å². The van der Waals surface area contributed by atoms with Gasteiger partial charge in [-0.05, 0) is 36.2 Å². The number of hydrogen-bond donors (Lipinski definition) is 3. The van der Waals surface area contributed by atoms with Crippen molar-refractivity contribution < 1.29 is 23.9 Å². The van der Waals surface area contributed by atoms with E-state index in [4.69, 9.17) is 26.8 Å². The third-order valence-electron chi connectivity index (χ3n) is 4.03. The molecule has 0 spiro atoms. The molecule has 0 aliphatic heterocycles. The van der Waals surface area contributed by atoms with Gasteiger partial charge in [0.05, 0.1) is 25.3 Å². The summed E-state index contributed by atoms with van der Waals surface area (Å²) in [6, 6.07) is 9.69. The molecule has 0 aliphatic rings. The Morgan fingerprint density at radius 2 is 1.70 bits per heavy atom. The summed E-state index contributed by atoms with van der Waals surface area (Å²) in [5.41, 5.74) is 6.50. The van der Waals surface area contributed by atoms with E-state index in [1.54, 1.807) is 30.3 Å². The standard InChI is InChI=1S/C21H24ClN3O5/c1-3-8-30-19-16(22)9-15(10-17(19)29-2)21(28)24-11-13-4-6-14(7-5-13)20(27)25-12-18(23)26/h4-7,9-10H,3,8,11-12H2,1-2H3,(H2,23,26)(H,24,28)(H,25,27). The number of carbonyl (C=O) groups excluding carboxylic acids is 3. The molecule has 30 heavy (non-hydrogen) atoms. The molecule has 0 aromatic heterocycles. The molecule has 2 rings (SSSR count). The first kappa shape index (κ1) is 23.0. The zero-order valence-electron chi connectivity index (χ0n) is 16.8. The number of hydrogen-bond acceptors (Lipinski definition) is 5. The van der Waals surface area contributed by atoms with E-state index < -0.39 is 11.8 Å². The number of ether oxygens (including phenoxy) is 2. The molecule has 160 valence electrons. The summed E-state index contributed by atoms with van der Waals surface area (Å²) in [5.74, 6) is -0.573. The summed E-state index contributed by atoms with van der Waals surface area (Å²) in [5, 5.41) is 5.49. The molecular formula is C21H24ClN3O5. The third-order valence-corrected chi connectivity index (χ3v) is 4.32. The van der Waals surface area contributed by atoms with Crippen molar-refractivity contribution in [1.82, 2.24) is 10.6 Å². The maximum absolute atomic E-state index is 12.5. The second-order valence-electron chi connectivity index (χ2n) is 6.37. The highest BCUT2D eigenvalue weighted by molar-refractivity contribution is 6.32. The molecule has 9 heteroatoms. The van der Waals surface area contributed by atoms with E-state index in [0.717, 1.165) is 12.0 Å². The van der Waals surface area contributed by atoms with Crippen LogP contribution >= 0.6 is 11.6 Å². The van der Waals surface area contributed by atoms with Crippen molar-refractivity contribution >= 4 is 29.3 Å². The number of nitrogens with one attached hydrogen (secondary N) is 2. The first-order valence-electron chi connectivity index (χ1n) is 9.29. The van der Waals surface area contributed by atoms with Crippen molar-refractivity contribution in [3.05, 3.63) is 58.1 Å². The number of carbonyl (C=O) groups is 3. The van der Waals surface area contributed by atoms with Gasteiger partial charge in [0.1, 0.15) is 0 Å². The van der Waals surface area contributed by atoms with Crippen LogP contribution in [0.4, 0.5) is 0 Å². The third kappa shape index (κ3) is 6.38. The number of rotatable bonds is 10. The highest BCUT2D eigenvalue weighted by atomic mass is 35.5. The minimum absolute atomic E-state index is 0.231. The number of nitrogens with two attached hydrogens (primary N) is 1. The monoisotopic (exact) mass is 433 g/mol. The normalized spacial score (nSPS) is 10.2. The van der Waals surface area contributed by atoms with Crippen LogP contribution in [0.2, 0.25) is 5.02 Å². The Kier molecular flexibility index (Phi) is 8.49. The van der Waals surface area contributed by atoms with Crippen LogP contribution in [0.5, 0.6) is 11.5 Å². The number of amides is 3. The van der Waals surface area contributed by atoms with Gasteiger partial charge < -0.3 is 25.8 Å². The summed E-state index contributed by atoms with van der Waals surface area (Å²) in [6.45, 7) is 2.47. The lowest BCUT2D eigenvalue weighted by Crippen LogP contribution is -2.33. The summed E-state index contributed by atoms with van der Waals surface area (Å²) >= 11 is 6.25. The molecule has 0 atom stereocenters. The van der Waals surface area contributed by atoms with Gasteiger partial charge in [0.15, 0.2) is 11.5 Å². The molecule has 0 radical (unpaired) electrons. The van der Waals surface area contributed by atoms with Crippen molar-refractivity contribution in [2.45, 2.75) is 19.9 Å². The number of primary amides is 1. The van der Waals surface area contributed by atoms with Crippen molar-refractivity contribution in [2.75, 3.05) is 20.3 Å². The Morgan fingerprint density at radius 3 is 2.30 bits per heavy atom. The average molecular weight is 434 g/mol. The first-order chi connectivity index (χ1) is 14.3. The van der Waals surface area contributed by atoms with Crippen molar-refractivity contribution in [2.24, 2.45) is 5.73 Å². The fraction of sp³-hybridized carbons (Fsp3) is 0.286. The van der Waals surface area contributed by atoms with Crippen LogP contribution in [-0.4, -0.2) is 38.0 Å². The minimum Gasteiger partial charge on any atom is -0.493 e. The fourth-order valence-corrected chi connectivity index (χ4v) is 2.79. The summed E-state index contributed by atoms with van der Waals surface area (Å²) in [4.78, 5) is 35.1. The van der Waals surface area contributed by atoms with Gasteiger partial charge in [-0.15, -0.1) is 0 Å². The highest BCUT2D eigenvalue weighted by Gasteiger charge is 2.16. The molecule has 2 aromatic carbocycles. The second kappa shape index (κ2) is 11.1. The Labute approximate surface area is 179 Å². The van der Waals surface area contributed by atoms with Gasteiger partial charge in [-0.2, -0.15) is 0 Å². The smallest absolute Gasteiger partial charge is 0.251 e. The lowest BCUT2D eigenvalue weighted by molar-refractivity contribution is -0.117. The van der Waals surface area contributed by atoms with Gasteiger partial charge in [0.2, 0.25) is 5.91 Å². The maximum atomic E-state index is 12.5. The minimum atomic E-state index is -0.621. The van der Waals surface area contributed by atoms with Gasteiger partial charge in [0, 0.05) is 17.7 Å². The zero-order valence-corrected chi connectivity index (χ0v) is 17.5. The maximum Gasteiger partial charge on any atom is 0.251 e. The van der Waals surface area contributed by atoms with Crippen LogP contribution in [-0.2, 0) is 11.3 Å². The van der Waals surface area contributed by atoms with E-state index in [9.17, 15) is 14.4 Å². The Bertz CT molecular complexity index is 916. The van der Waals surface area contributed by atoms with Gasteiger partial charge in [-0.3, -0.25) is 14.4 Å².